The lowest BCUT2D eigenvalue weighted by atomic mass is 10.0. The number of halogens is 2. The average molecular weight is 286 g/mol. The van der Waals surface area contributed by atoms with E-state index in [9.17, 15) is 4.39 Å². The Morgan fingerprint density at radius 2 is 2.11 bits per heavy atom. The molecule has 0 amide bonds. The van der Waals surface area contributed by atoms with Crippen LogP contribution in [-0.2, 0) is 0 Å². The van der Waals surface area contributed by atoms with E-state index in [1.54, 1.807) is 12.1 Å². The molecule has 19 heavy (non-hydrogen) atoms. The molecule has 2 N–H and O–H groups in total. The zero-order valence-electron chi connectivity index (χ0n) is 11.3. The largest absolute Gasteiger partial charge is 0.329 e. The maximum atomic E-state index is 14.0. The fourth-order valence-electron chi connectivity index (χ4n) is 2.62. The van der Waals surface area contributed by atoms with E-state index in [4.69, 9.17) is 17.3 Å². The summed E-state index contributed by atoms with van der Waals surface area (Å²) in [6.45, 7) is 4.36. The molecule has 1 aliphatic rings. The highest BCUT2D eigenvalue weighted by molar-refractivity contribution is 6.30. The Bertz CT molecular complexity index is 427. The van der Waals surface area contributed by atoms with Crippen molar-refractivity contribution in [2.75, 3.05) is 39.8 Å². The van der Waals surface area contributed by atoms with Crippen LogP contribution in [0.3, 0.4) is 0 Å². The molecule has 5 heteroatoms. The first kappa shape index (κ1) is 14.7. The second kappa shape index (κ2) is 6.66. The third kappa shape index (κ3) is 3.66. The molecule has 0 aliphatic carbocycles. The molecule has 3 nitrogen and oxygen atoms in total. The van der Waals surface area contributed by atoms with Crippen molar-refractivity contribution < 1.29 is 4.39 Å². The van der Waals surface area contributed by atoms with Crippen molar-refractivity contribution in [2.45, 2.75) is 12.5 Å². The minimum absolute atomic E-state index is 0.0660. The van der Waals surface area contributed by atoms with Crippen LogP contribution in [0, 0.1) is 5.82 Å². The number of likely N-dealkylation sites (N-methyl/N-ethyl adjacent to an activating group) is 1. The molecule has 0 bridgehead atoms. The van der Waals surface area contributed by atoms with Crippen LogP contribution in [0.4, 0.5) is 4.39 Å². The van der Waals surface area contributed by atoms with E-state index in [-0.39, 0.29) is 11.9 Å². The molecule has 0 radical (unpaired) electrons. The third-order valence-electron chi connectivity index (χ3n) is 3.74. The van der Waals surface area contributed by atoms with Crippen LogP contribution in [-0.4, -0.2) is 49.6 Å². The van der Waals surface area contributed by atoms with E-state index in [1.165, 1.54) is 6.07 Å². The molecular weight excluding hydrogens is 265 g/mol. The number of hydrogen-bond acceptors (Lipinski definition) is 3. The van der Waals surface area contributed by atoms with Gasteiger partial charge in [0.05, 0.1) is 0 Å². The number of nitrogens with two attached hydrogens (primary N) is 1. The Kier molecular flexibility index (Phi) is 5.16. The van der Waals surface area contributed by atoms with E-state index in [0.717, 1.165) is 32.6 Å². The van der Waals surface area contributed by atoms with Gasteiger partial charge in [0.15, 0.2) is 0 Å². The van der Waals surface area contributed by atoms with Crippen LogP contribution in [0.25, 0.3) is 0 Å². The molecule has 1 fully saturated rings. The summed E-state index contributed by atoms with van der Waals surface area (Å²) >= 11 is 5.80. The Morgan fingerprint density at radius 1 is 1.32 bits per heavy atom. The number of hydrogen-bond donors (Lipinski definition) is 1. The summed E-state index contributed by atoms with van der Waals surface area (Å²) in [6.07, 6.45) is 1.09. The zero-order valence-corrected chi connectivity index (χ0v) is 12.0. The van der Waals surface area contributed by atoms with Gasteiger partial charge in [-0.1, -0.05) is 17.7 Å². The van der Waals surface area contributed by atoms with Crippen molar-refractivity contribution >= 4 is 11.6 Å². The van der Waals surface area contributed by atoms with Crippen molar-refractivity contribution in [3.8, 4) is 0 Å². The van der Waals surface area contributed by atoms with Gasteiger partial charge in [0.25, 0.3) is 0 Å². The number of benzene rings is 1. The minimum Gasteiger partial charge on any atom is -0.329 e. The van der Waals surface area contributed by atoms with Gasteiger partial charge in [-0.25, -0.2) is 4.39 Å². The molecule has 1 aromatic carbocycles. The highest BCUT2D eigenvalue weighted by Gasteiger charge is 2.23. The van der Waals surface area contributed by atoms with Gasteiger partial charge >= 0.3 is 0 Å². The van der Waals surface area contributed by atoms with E-state index in [0.29, 0.717) is 17.1 Å². The van der Waals surface area contributed by atoms with Crippen LogP contribution >= 0.6 is 11.6 Å². The molecule has 106 valence electrons. The standard InChI is InChI=1S/C14H21ClFN3/c1-18-5-2-6-19(8-7-18)14(10-17)12-4-3-11(15)9-13(12)16/h3-4,9,14H,2,5-8,10,17H2,1H3. The fraction of sp³-hybridized carbons (Fsp3) is 0.571. The summed E-state index contributed by atoms with van der Waals surface area (Å²) in [5.41, 5.74) is 6.52. The lowest BCUT2D eigenvalue weighted by Gasteiger charge is -2.30. The highest BCUT2D eigenvalue weighted by atomic mass is 35.5. The molecule has 0 saturated carbocycles. The molecule has 0 spiro atoms. The molecule has 1 saturated heterocycles. The van der Waals surface area contributed by atoms with E-state index in [1.807, 2.05) is 0 Å². The number of rotatable bonds is 3. The molecule has 1 unspecified atom stereocenters. The SMILES string of the molecule is CN1CCCN(C(CN)c2ccc(Cl)cc2F)CC1. The van der Waals surface area contributed by atoms with E-state index in [2.05, 4.69) is 16.8 Å². The summed E-state index contributed by atoms with van der Waals surface area (Å²) in [4.78, 5) is 4.57. The van der Waals surface area contributed by atoms with Gasteiger partial charge in [0.1, 0.15) is 5.82 Å². The van der Waals surface area contributed by atoms with Crippen molar-refractivity contribution in [2.24, 2.45) is 5.73 Å². The van der Waals surface area contributed by atoms with E-state index >= 15 is 0 Å². The normalized spacial score (nSPS) is 20.2. The Balaban J connectivity index is 2.18. The number of nitrogens with zero attached hydrogens (tertiary/aromatic N) is 2. The van der Waals surface area contributed by atoms with Crippen molar-refractivity contribution in [1.29, 1.82) is 0 Å². The lowest BCUT2D eigenvalue weighted by molar-refractivity contribution is 0.204. The maximum absolute atomic E-state index is 14.0. The summed E-state index contributed by atoms with van der Waals surface area (Å²) in [5, 5.41) is 0.424. The molecule has 0 aromatic heterocycles. The van der Waals surface area contributed by atoms with Gasteiger partial charge in [0, 0.05) is 42.8 Å². The quantitative estimate of drug-likeness (QED) is 0.923. The second-order valence-corrected chi connectivity index (χ2v) is 5.55. The van der Waals surface area contributed by atoms with Gasteiger partial charge in [0.2, 0.25) is 0 Å². The average Bonchev–Trinajstić information content (AvgIpc) is 2.58. The molecule has 1 heterocycles. The van der Waals surface area contributed by atoms with Crippen LogP contribution in [0.15, 0.2) is 18.2 Å². The monoisotopic (exact) mass is 285 g/mol. The van der Waals surface area contributed by atoms with Crippen LogP contribution < -0.4 is 5.73 Å². The Hall–Kier alpha value is -0.680. The van der Waals surface area contributed by atoms with Gasteiger partial charge in [-0.3, -0.25) is 4.90 Å². The maximum Gasteiger partial charge on any atom is 0.129 e. The van der Waals surface area contributed by atoms with Crippen LogP contribution in [0.5, 0.6) is 0 Å². The van der Waals surface area contributed by atoms with Gasteiger partial charge < -0.3 is 10.6 Å². The predicted octanol–water partition coefficient (Wildman–Crippen LogP) is 2.12. The summed E-state index contributed by atoms with van der Waals surface area (Å²) in [5.74, 6) is -0.263. The van der Waals surface area contributed by atoms with Gasteiger partial charge in [-0.15, -0.1) is 0 Å². The Morgan fingerprint density at radius 3 is 2.79 bits per heavy atom. The topological polar surface area (TPSA) is 32.5 Å². The van der Waals surface area contributed by atoms with Crippen molar-refractivity contribution in [3.05, 3.63) is 34.6 Å². The first-order chi connectivity index (χ1) is 9.11. The molecule has 2 rings (SSSR count). The Labute approximate surface area is 119 Å². The lowest BCUT2D eigenvalue weighted by Crippen LogP contribution is -2.37. The summed E-state index contributed by atoms with van der Waals surface area (Å²) in [7, 11) is 2.11. The zero-order chi connectivity index (χ0) is 13.8. The summed E-state index contributed by atoms with van der Waals surface area (Å²) < 4.78 is 14.0. The molecule has 1 aromatic rings. The van der Waals surface area contributed by atoms with Crippen molar-refractivity contribution in [3.63, 3.8) is 0 Å². The van der Waals surface area contributed by atoms with Crippen LogP contribution in [0.1, 0.15) is 18.0 Å². The fourth-order valence-corrected chi connectivity index (χ4v) is 2.78. The third-order valence-corrected chi connectivity index (χ3v) is 3.97. The molecule has 1 atom stereocenters. The first-order valence-electron chi connectivity index (χ1n) is 6.69. The van der Waals surface area contributed by atoms with E-state index < -0.39 is 0 Å². The molecular formula is C14H21ClFN3. The first-order valence-corrected chi connectivity index (χ1v) is 7.07. The smallest absolute Gasteiger partial charge is 0.129 e. The summed E-state index contributed by atoms with van der Waals surface area (Å²) in [6, 6.07) is 4.78. The predicted molar refractivity (Wildman–Crippen MR) is 76.9 cm³/mol. The van der Waals surface area contributed by atoms with Crippen molar-refractivity contribution in [1.82, 2.24) is 9.80 Å². The molecule has 1 aliphatic heterocycles. The second-order valence-electron chi connectivity index (χ2n) is 5.11. The minimum atomic E-state index is -0.263. The van der Waals surface area contributed by atoms with Gasteiger partial charge in [-0.05, 0) is 32.1 Å². The van der Waals surface area contributed by atoms with Crippen LogP contribution in [0.2, 0.25) is 5.02 Å². The highest BCUT2D eigenvalue weighted by Crippen LogP contribution is 2.25. The van der Waals surface area contributed by atoms with Gasteiger partial charge in [-0.2, -0.15) is 0 Å².